The lowest BCUT2D eigenvalue weighted by Gasteiger charge is -2.14. The average molecular weight is 368 g/mol. The van der Waals surface area contributed by atoms with Gasteiger partial charge in [0.1, 0.15) is 11.3 Å². The molecule has 6 nitrogen and oxygen atoms in total. The van der Waals surface area contributed by atoms with E-state index in [4.69, 9.17) is 5.10 Å². The SMILES string of the molecule is C[C@@H](Cc1ccc(F)cc1)NCCn1nc([C@H]2CCNC2)c2nccnc21. The van der Waals surface area contributed by atoms with Gasteiger partial charge in [-0.15, -0.1) is 0 Å². The molecule has 2 atom stereocenters. The van der Waals surface area contributed by atoms with Crippen LogP contribution in [0.2, 0.25) is 0 Å². The Labute approximate surface area is 158 Å². The minimum Gasteiger partial charge on any atom is -0.316 e. The van der Waals surface area contributed by atoms with E-state index < -0.39 is 0 Å². The van der Waals surface area contributed by atoms with Gasteiger partial charge in [0.25, 0.3) is 0 Å². The van der Waals surface area contributed by atoms with Crippen LogP contribution in [0.15, 0.2) is 36.7 Å². The highest BCUT2D eigenvalue weighted by Crippen LogP contribution is 2.26. The van der Waals surface area contributed by atoms with Gasteiger partial charge in [-0.05, 0) is 44.0 Å². The quantitative estimate of drug-likeness (QED) is 0.670. The van der Waals surface area contributed by atoms with Crippen LogP contribution in [0.5, 0.6) is 0 Å². The molecular formula is C20H25FN6. The maximum absolute atomic E-state index is 13.0. The molecule has 1 saturated heterocycles. The molecular weight excluding hydrogens is 343 g/mol. The fraction of sp³-hybridized carbons (Fsp3) is 0.450. The first-order valence-corrected chi connectivity index (χ1v) is 9.56. The standard InChI is InChI=1S/C20H25FN6/c1-14(12-15-2-4-17(21)5-3-15)23-10-11-27-20-19(24-8-9-25-20)18(26-27)16-6-7-22-13-16/h2-5,8-9,14,16,22-23H,6-7,10-13H2,1H3/t14-,16-/m0/s1. The molecule has 3 heterocycles. The van der Waals surface area contributed by atoms with Crippen LogP contribution >= 0.6 is 0 Å². The van der Waals surface area contributed by atoms with E-state index in [2.05, 4.69) is 27.5 Å². The van der Waals surface area contributed by atoms with Gasteiger partial charge in [-0.1, -0.05) is 12.1 Å². The number of halogens is 1. The fourth-order valence-corrected chi connectivity index (χ4v) is 3.71. The minimum atomic E-state index is -0.195. The molecule has 0 amide bonds. The van der Waals surface area contributed by atoms with Gasteiger partial charge in [0, 0.05) is 37.4 Å². The molecule has 2 N–H and O–H groups in total. The highest BCUT2D eigenvalue weighted by Gasteiger charge is 2.24. The first-order chi connectivity index (χ1) is 13.2. The van der Waals surface area contributed by atoms with Gasteiger partial charge in [0.2, 0.25) is 0 Å². The molecule has 0 bridgehead atoms. The van der Waals surface area contributed by atoms with Crippen LogP contribution in [0.4, 0.5) is 4.39 Å². The van der Waals surface area contributed by atoms with Gasteiger partial charge in [-0.2, -0.15) is 5.10 Å². The highest BCUT2D eigenvalue weighted by molar-refractivity contribution is 5.73. The van der Waals surface area contributed by atoms with Crippen LogP contribution < -0.4 is 10.6 Å². The van der Waals surface area contributed by atoms with Crippen molar-refractivity contribution in [3.8, 4) is 0 Å². The number of benzene rings is 1. The van der Waals surface area contributed by atoms with Gasteiger partial charge in [-0.3, -0.25) is 0 Å². The third kappa shape index (κ3) is 4.14. The number of aromatic nitrogens is 4. The van der Waals surface area contributed by atoms with E-state index in [1.165, 1.54) is 12.1 Å². The summed E-state index contributed by atoms with van der Waals surface area (Å²) in [7, 11) is 0. The lowest BCUT2D eigenvalue weighted by Crippen LogP contribution is -2.31. The van der Waals surface area contributed by atoms with E-state index in [1.807, 2.05) is 16.8 Å². The molecule has 2 aromatic heterocycles. The Morgan fingerprint density at radius 1 is 1.26 bits per heavy atom. The van der Waals surface area contributed by atoms with Crippen molar-refractivity contribution in [2.45, 2.75) is 38.3 Å². The molecule has 4 rings (SSSR count). The Kier molecular flexibility index (Phi) is 5.40. The predicted octanol–water partition coefficient (Wildman–Crippen LogP) is 2.26. The van der Waals surface area contributed by atoms with Crippen molar-refractivity contribution < 1.29 is 4.39 Å². The Morgan fingerprint density at radius 2 is 2.07 bits per heavy atom. The molecule has 0 radical (unpaired) electrons. The first kappa shape index (κ1) is 18.0. The van der Waals surface area contributed by atoms with Crippen molar-refractivity contribution in [2.24, 2.45) is 0 Å². The number of nitrogens with one attached hydrogen (secondary N) is 2. The Balaban J connectivity index is 1.39. The van der Waals surface area contributed by atoms with Crippen molar-refractivity contribution in [1.82, 2.24) is 30.4 Å². The fourth-order valence-electron chi connectivity index (χ4n) is 3.71. The van der Waals surface area contributed by atoms with Crippen LogP contribution in [0.1, 0.15) is 30.5 Å². The van der Waals surface area contributed by atoms with Crippen molar-refractivity contribution in [3.05, 3.63) is 53.7 Å². The van der Waals surface area contributed by atoms with Gasteiger partial charge in [0.15, 0.2) is 5.65 Å². The summed E-state index contributed by atoms with van der Waals surface area (Å²) in [5.41, 5.74) is 3.96. The monoisotopic (exact) mass is 368 g/mol. The van der Waals surface area contributed by atoms with Crippen molar-refractivity contribution in [1.29, 1.82) is 0 Å². The summed E-state index contributed by atoms with van der Waals surface area (Å²) < 4.78 is 15.0. The second kappa shape index (κ2) is 8.10. The van der Waals surface area contributed by atoms with Crippen LogP contribution in [0.25, 0.3) is 11.2 Å². The summed E-state index contributed by atoms with van der Waals surface area (Å²) in [6.45, 7) is 5.65. The second-order valence-electron chi connectivity index (χ2n) is 7.21. The largest absolute Gasteiger partial charge is 0.316 e. The second-order valence-corrected chi connectivity index (χ2v) is 7.21. The summed E-state index contributed by atoms with van der Waals surface area (Å²) in [4.78, 5) is 9.03. The van der Waals surface area contributed by atoms with E-state index in [0.717, 1.165) is 61.4 Å². The molecule has 0 spiro atoms. The van der Waals surface area contributed by atoms with Crippen LogP contribution in [-0.2, 0) is 13.0 Å². The van der Waals surface area contributed by atoms with Crippen LogP contribution in [-0.4, -0.2) is 45.4 Å². The molecule has 142 valence electrons. The summed E-state index contributed by atoms with van der Waals surface area (Å²) in [6.07, 6.45) is 5.42. The third-order valence-electron chi connectivity index (χ3n) is 5.11. The lowest BCUT2D eigenvalue weighted by molar-refractivity contribution is 0.494. The van der Waals surface area contributed by atoms with E-state index in [1.54, 1.807) is 12.4 Å². The molecule has 0 aliphatic carbocycles. The van der Waals surface area contributed by atoms with E-state index in [0.29, 0.717) is 12.0 Å². The summed E-state index contributed by atoms with van der Waals surface area (Å²) in [6, 6.07) is 6.99. The van der Waals surface area contributed by atoms with Crippen LogP contribution in [0, 0.1) is 5.82 Å². The topological polar surface area (TPSA) is 67.7 Å². The number of fused-ring (bicyclic) bond motifs is 1. The first-order valence-electron chi connectivity index (χ1n) is 9.56. The number of rotatable bonds is 7. The van der Waals surface area contributed by atoms with Gasteiger partial charge >= 0.3 is 0 Å². The van der Waals surface area contributed by atoms with Gasteiger partial charge < -0.3 is 10.6 Å². The Bertz CT molecular complexity index is 885. The number of hydrogen-bond donors (Lipinski definition) is 2. The summed E-state index contributed by atoms with van der Waals surface area (Å²) in [5, 5.41) is 11.8. The zero-order valence-corrected chi connectivity index (χ0v) is 15.5. The van der Waals surface area contributed by atoms with Crippen molar-refractivity contribution >= 4 is 11.2 Å². The Hall–Kier alpha value is -2.38. The molecule has 1 aliphatic heterocycles. The average Bonchev–Trinajstić information content (AvgIpc) is 3.32. The number of hydrogen-bond acceptors (Lipinski definition) is 5. The van der Waals surface area contributed by atoms with Crippen LogP contribution in [0.3, 0.4) is 0 Å². The molecule has 1 fully saturated rings. The van der Waals surface area contributed by atoms with Crippen molar-refractivity contribution in [3.63, 3.8) is 0 Å². The third-order valence-corrected chi connectivity index (χ3v) is 5.11. The maximum Gasteiger partial charge on any atom is 0.177 e. The highest BCUT2D eigenvalue weighted by atomic mass is 19.1. The molecule has 0 unspecified atom stereocenters. The summed E-state index contributed by atoms with van der Waals surface area (Å²) in [5.74, 6) is 0.218. The summed E-state index contributed by atoms with van der Waals surface area (Å²) >= 11 is 0. The Morgan fingerprint density at radius 3 is 2.85 bits per heavy atom. The normalized spacial score (nSPS) is 18.2. The van der Waals surface area contributed by atoms with Gasteiger partial charge in [0.05, 0.1) is 12.2 Å². The number of nitrogens with zero attached hydrogens (tertiary/aromatic N) is 4. The zero-order valence-electron chi connectivity index (χ0n) is 15.5. The molecule has 7 heteroatoms. The maximum atomic E-state index is 13.0. The van der Waals surface area contributed by atoms with E-state index in [-0.39, 0.29) is 5.82 Å². The molecule has 0 saturated carbocycles. The minimum absolute atomic E-state index is 0.195. The van der Waals surface area contributed by atoms with Gasteiger partial charge in [-0.25, -0.2) is 19.0 Å². The van der Waals surface area contributed by atoms with E-state index >= 15 is 0 Å². The lowest BCUT2D eigenvalue weighted by atomic mass is 10.0. The predicted molar refractivity (Wildman–Crippen MR) is 103 cm³/mol. The molecule has 1 aliphatic rings. The van der Waals surface area contributed by atoms with Crippen molar-refractivity contribution in [2.75, 3.05) is 19.6 Å². The van der Waals surface area contributed by atoms with E-state index in [9.17, 15) is 4.39 Å². The molecule has 27 heavy (non-hydrogen) atoms. The molecule has 3 aromatic rings. The smallest absolute Gasteiger partial charge is 0.177 e. The zero-order chi connectivity index (χ0) is 18.6. The molecule has 1 aromatic carbocycles.